The normalized spacial score (nSPS) is 17.1. The highest BCUT2D eigenvalue weighted by molar-refractivity contribution is 7.16. The van der Waals surface area contributed by atoms with Crippen LogP contribution in [0.4, 0.5) is 11.5 Å². The van der Waals surface area contributed by atoms with E-state index in [2.05, 4.69) is 15.1 Å². The lowest BCUT2D eigenvalue weighted by Crippen LogP contribution is -2.41. The number of nitrogens with two attached hydrogens (primary N) is 1. The van der Waals surface area contributed by atoms with Crippen molar-refractivity contribution in [2.24, 2.45) is 4.99 Å². The van der Waals surface area contributed by atoms with Gasteiger partial charge in [0.25, 0.3) is 5.56 Å². The fraction of sp³-hybridized carbons (Fsp3) is 0.318. The fourth-order valence-electron chi connectivity index (χ4n) is 3.91. The van der Waals surface area contributed by atoms with Crippen LogP contribution in [0.3, 0.4) is 0 Å². The summed E-state index contributed by atoms with van der Waals surface area (Å²) in [5, 5.41) is 5.03. The molecule has 5 rings (SSSR count). The van der Waals surface area contributed by atoms with Gasteiger partial charge in [-0.15, -0.1) is 0 Å². The molecule has 4 heterocycles. The SMILES string of the molecule is CC1=Nc2ccc(C)cc2C1=Cc1c(N)n2nc(CC(=O)N3CCOCC3)sc2nc1=O. The van der Waals surface area contributed by atoms with Crippen LogP contribution in [0.15, 0.2) is 28.0 Å². The average Bonchev–Trinajstić information content (AvgIpc) is 3.31. The highest BCUT2D eigenvalue weighted by atomic mass is 32.1. The number of hydrogen-bond donors (Lipinski definition) is 1. The molecule has 0 saturated carbocycles. The highest BCUT2D eigenvalue weighted by Crippen LogP contribution is 2.36. The zero-order chi connectivity index (χ0) is 22.4. The number of aliphatic imine (C=N–C) groups is 1. The molecule has 2 aromatic heterocycles. The smallest absolute Gasteiger partial charge is 0.283 e. The molecule has 0 radical (unpaired) electrons. The van der Waals surface area contributed by atoms with E-state index in [0.717, 1.165) is 28.1 Å². The average molecular weight is 451 g/mol. The summed E-state index contributed by atoms with van der Waals surface area (Å²) in [5.74, 6) is 0.170. The summed E-state index contributed by atoms with van der Waals surface area (Å²) in [7, 11) is 0. The first-order valence-electron chi connectivity index (χ1n) is 10.3. The fourth-order valence-corrected chi connectivity index (χ4v) is 4.79. The molecule has 32 heavy (non-hydrogen) atoms. The number of allylic oxidation sites excluding steroid dienone is 1. The number of aromatic nitrogens is 3. The number of anilines is 1. The van der Waals surface area contributed by atoms with Crippen molar-refractivity contribution in [2.75, 3.05) is 32.0 Å². The Morgan fingerprint density at radius 3 is 2.84 bits per heavy atom. The van der Waals surface area contributed by atoms with Crippen LogP contribution in [-0.4, -0.2) is 57.4 Å². The van der Waals surface area contributed by atoms with Crippen molar-refractivity contribution in [1.29, 1.82) is 0 Å². The zero-order valence-corrected chi connectivity index (χ0v) is 18.6. The summed E-state index contributed by atoms with van der Waals surface area (Å²) >= 11 is 1.20. The van der Waals surface area contributed by atoms with E-state index in [0.29, 0.717) is 36.3 Å². The van der Waals surface area contributed by atoms with Crippen molar-refractivity contribution in [3.63, 3.8) is 0 Å². The van der Waals surface area contributed by atoms with Crippen molar-refractivity contribution < 1.29 is 9.53 Å². The number of ether oxygens (including phenoxy) is 1. The molecule has 164 valence electrons. The van der Waals surface area contributed by atoms with Gasteiger partial charge in [-0.25, -0.2) is 0 Å². The molecular weight excluding hydrogens is 428 g/mol. The zero-order valence-electron chi connectivity index (χ0n) is 17.8. The lowest BCUT2D eigenvalue weighted by molar-refractivity contribution is -0.134. The van der Waals surface area contributed by atoms with Crippen LogP contribution in [0.1, 0.15) is 28.6 Å². The van der Waals surface area contributed by atoms with Gasteiger partial charge in [0.2, 0.25) is 10.9 Å². The number of nitrogens with zero attached hydrogens (tertiary/aromatic N) is 5. The number of morpholine rings is 1. The van der Waals surface area contributed by atoms with Crippen LogP contribution in [0.25, 0.3) is 16.6 Å². The molecular formula is C22H22N6O3S. The molecule has 9 nitrogen and oxygen atoms in total. The minimum Gasteiger partial charge on any atom is -0.383 e. The topological polar surface area (TPSA) is 115 Å². The minimum absolute atomic E-state index is 0.0269. The molecule has 1 saturated heterocycles. The summed E-state index contributed by atoms with van der Waals surface area (Å²) in [6.07, 6.45) is 1.87. The van der Waals surface area contributed by atoms with Crippen LogP contribution in [0.2, 0.25) is 0 Å². The van der Waals surface area contributed by atoms with E-state index in [1.807, 2.05) is 32.0 Å². The molecule has 3 aromatic rings. The van der Waals surface area contributed by atoms with Gasteiger partial charge in [-0.2, -0.15) is 14.6 Å². The number of carbonyl (C=O) groups is 1. The van der Waals surface area contributed by atoms with Crippen molar-refractivity contribution in [2.45, 2.75) is 20.3 Å². The Hall–Kier alpha value is -3.37. The van der Waals surface area contributed by atoms with Gasteiger partial charge in [0, 0.05) is 29.9 Å². The second-order valence-corrected chi connectivity index (χ2v) is 8.89. The third-order valence-electron chi connectivity index (χ3n) is 5.61. The largest absolute Gasteiger partial charge is 0.383 e. The molecule has 2 aliphatic heterocycles. The van der Waals surface area contributed by atoms with Crippen molar-refractivity contribution >= 4 is 51.1 Å². The monoisotopic (exact) mass is 450 g/mol. The Balaban J connectivity index is 1.51. The number of amides is 1. The molecule has 2 N–H and O–H groups in total. The molecule has 1 amide bonds. The highest BCUT2D eigenvalue weighted by Gasteiger charge is 2.22. The predicted molar refractivity (Wildman–Crippen MR) is 124 cm³/mol. The van der Waals surface area contributed by atoms with Crippen LogP contribution in [0, 0.1) is 6.92 Å². The van der Waals surface area contributed by atoms with Crippen LogP contribution in [-0.2, 0) is 16.0 Å². The first-order valence-corrected chi connectivity index (χ1v) is 11.1. The summed E-state index contributed by atoms with van der Waals surface area (Å²) in [6, 6.07) is 6.01. The molecule has 0 atom stereocenters. The second kappa shape index (κ2) is 7.95. The Kier molecular flexibility index (Phi) is 5.10. The van der Waals surface area contributed by atoms with Crippen molar-refractivity contribution in [3.05, 3.63) is 50.3 Å². The number of rotatable bonds is 3. The van der Waals surface area contributed by atoms with Crippen LogP contribution < -0.4 is 11.3 Å². The molecule has 0 bridgehead atoms. The van der Waals surface area contributed by atoms with E-state index >= 15 is 0 Å². The summed E-state index contributed by atoms with van der Waals surface area (Å²) < 4.78 is 6.74. The summed E-state index contributed by atoms with van der Waals surface area (Å²) in [6.45, 7) is 6.13. The number of benzene rings is 1. The van der Waals surface area contributed by atoms with Gasteiger partial charge in [0.1, 0.15) is 10.8 Å². The first kappa shape index (κ1) is 20.5. The van der Waals surface area contributed by atoms with E-state index < -0.39 is 5.56 Å². The maximum Gasteiger partial charge on any atom is 0.283 e. The van der Waals surface area contributed by atoms with Crippen LogP contribution in [0.5, 0.6) is 0 Å². The predicted octanol–water partition coefficient (Wildman–Crippen LogP) is 2.09. The Labute approximate surface area is 187 Å². The van der Waals surface area contributed by atoms with E-state index in [-0.39, 0.29) is 23.7 Å². The number of aryl methyl sites for hydroxylation is 1. The molecule has 2 aliphatic rings. The lowest BCUT2D eigenvalue weighted by Gasteiger charge is -2.26. The molecule has 10 heteroatoms. The van der Waals surface area contributed by atoms with Gasteiger partial charge in [0.15, 0.2) is 0 Å². The van der Waals surface area contributed by atoms with Gasteiger partial charge >= 0.3 is 0 Å². The standard InChI is InChI=1S/C22H22N6O3S/c1-12-3-4-17-15(9-12)14(13(2)24-17)10-16-20(23)28-22(25-21(16)30)32-18(26-28)11-19(29)27-5-7-31-8-6-27/h3-4,9-10H,5-8,11,23H2,1-2H3. The van der Waals surface area contributed by atoms with Crippen molar-refractivity contribution in [1.82, 2.24) is 19.5 Å². The number of nitrogen functional groups attached to an aromatic ring is 1. The number of hydrogen-bond acceptors (Lipinski definition) is 8. The molecule has 1 fully saturated rings. The number of carbonyl (C=O) groups excluding carboxylic acids is 1. The summed E-state index contributed by atoms with van der Waals surface area (Å²) in [4.78, 5) is 36.3. The summed E-state index contributed by atoms with van der Waals surface area (Å²) in [5.41, 5.74) is 10.8. The van der Waals surface area contributed by atoms with Crippen LogP contribution >= 0.6 is 11.3 Å². The molecule has 0 unspecified atom stereocenters. The Morgan fingerprint density at radius 1 is 1.28 bits per heavy atom. The van der Waals surface area contributed by atoms with Gasteiger partial charge < -0.3 is 15.4 Å². The molecule has 0 aliphatic carbocycles. The van der Waals surface area contributed by atoms with Gasteiger partial charge in [-0.1, -0.05) is 23.0 Å². The van der Waals surface area contributed by atoms with Gasteiger partial charge in [0.05, 0.1) is 30.9 Å². The minimum atomic E-state index is -0.432. The second-order valence-electron chi connectivity index (χ2n) is 7.85. The maximum absolute atomic E-state index is 12.8. The number of fused-ring (bicyclic) bond motifs is 2. The lowest BCUT2D eigenvalue weighted by atomic mass is 9.99. The molecule has 0 spiro atoms. The third kappa shape index (κ3) is 3.61. The quantitative estimate of drug-likeness (QED) is 0.653. The van der Waals surface area contributed by atoms with E-state index in [4.69, 9.17) is 10.5 Å². The van der Waals surface area contributed by atoms with Crippen molar-refractivity contribution in [3.8, 4) is 0 Å². The van der Waals surface area contributed by atoms with E-state index in [1.165, 1.54) is 15.9 Å². The van der Waals surface area contributed by atoms with Gasteiger partial charge in [-0.05, 0) is 32.1 Å². The maximum atomic E-state index is 12.8. The Bertz CT molecular complexity index is 1360. The van der Waals surface area contributed by atoms with Gasteiger partial charge in [-0.3, -0.25) is 14.6 Å². The first-order chi connectivity index (χ1) is 15.4. The van der Waals surface area contributed by atoms with E-state index in [1.54, 1.807) is 11.0 Å². The van der Waals surface area contributed by atoms with E-state index in [9.17, 15) is 9.59 Å². The third-order valence-corrected chi connectivity index (χ3v) is 6.52. The Morgan fingerprint density at radius 2 is 2.06 bits per heavy atom. The molecule has 1 aromatic carbocycles.